The van der Waals surface area contributed by atoms with Crippen molar-refractivity contribution < 1.29 is 23.9 Å². The molecule has 3 aliphatic rings. The second-order valence-corrected chi connectivity index (χ2v) is 14.5. The molecule has 55 heavy (non-hydrogen) atoms. The first-order chi connectivity index (χ1) is 26.5. The number of pyridine rings is 2. The van der Waals surface area contributed by atoms with E-state index in [1.807, 2.05) is 24.3 Å². The molecule has 0 radical (unpaired) electrons. The Bertz CT molecular complexity index is 2410. The lowest BCUT2D eigenvalue weighted by Crippen LogP contribution is -2.50. The van der Waals surface area contributed by atoms with Crippen LogP contribution in [0.3, 0.4) is 0 Å². The molecule has 1 atom stereocenters. The molecule has 1 aromatic carbocycles. The summed E-state index contributed by atoms with van der Waals surface area (Å²) in [6.45, 7) is 5.38. The van der Waals surface area contributed by atoms with Gasteiger partial charge in [0, 0.05) is 68.7 Å². The number of Topliss-reactive ketones (excluding diaryl/α,β-unsaturated/α-hetero) is 1. The van der Waals surface area contributed by atoms with E-state index in [4.69, 9.17) is 9.72 Å². The number of fused-ring (bicyclic) bond motifs is 2. The highest BCUT2D eigenvalue weighted by Crippen LogP contribution is 2.33. The van der Waals surface area contributed by atoms with Crippen molar-refractivity contribution in [3.05, 3.63) is 69.9 Å². The fourth-order valence-corrected chi connectivity index (χ4v) is 8.09. The lowest BCUT2D eigenvalue weighted by atomic mass is 9.93. The van der Waals surface area contributed by atoms with E-state index < -0.39 is 5.92 Å². The highest BCUT2D eigenvalue weighted by atomic mass is 16.5. The lowest BCUT2D eigenvalue weighted by molar-refractivity contribution is -0.135. The Morgan fingerprint density at radius 2 is 1.75 bits per heavy atom. The summed E-state index contributed by atoms with van der Waals surface area (Å²) in [5, 5.41) is 11.6. The SMILES string of the molecule is CC(=O)c1c(C)c2cnc(Nc3ccc(N4CCN(C(=O)COc5ccc6c(C7CCC(=O)NC7=O)nn(C)c6c5)CC4)cn3)nc2n(C2CCCC2)c1=O. The molecular formula is C39H42N10O6. The predicted octanol–water partition coefficient (Wildman–Crippen LogP) is 3.69. The van der Waals surface area contributed by atoms with Crippen molar-refractivity contribution in [2.75, 3.05) is 43.0 Å². The zero-order valence-corrected chi connectivity index (χ0v) is 31.0. The number of anilines is 3. The fraction of sp³-hybridized carbons (Fsp3) is 0.410. The summed E-state index contributed by atoms with van der Waals surface area (Å²) in [5.41, 5.74) is 3.31. The van der Waals surface area contributed by atoms with Gasteiger partial charge in [-0.25, -0.2) is 9.97 Å². The third kappa shape index (κ3) is 6.87. The van der Waals surface area contributed by atoms with E-state index in [0.29, 0.717) is 72.4 Å². The first kappa shape index (κ1) is 35.8. The van der Waals surface area contributed by atoms with Gasteiger partial charge in [-0.3, -0.25) is 38.5 Å². The van der Waals surface area contributed by atoms with E-state index in [-0.39, 0.29) is 53.7 Å². The van der Waals surface area contributed by atoms with Gasteiger partial charge in [-0.2, -0.15) is 10.1 Å². The van der Waals surface area contributed by atoms with Gasteiger partial charge < -0.3 is 19.9 Å². The quantitative estimate of drug-likeness (QED) is 0.165. The molecule has 16 heteroatoms. The molecule has 3 fully saturated rings. The van der Waals surface area contributed by atoms with Crippen LogP contribution in [0.2, 0.25) is 0 Å². The zero-order chi connectivity index (χ0) is 38.4. The van der Waals surface area contributed by atoms with E-state index in [2.05, 4.69) is 30.6 Å². The summed E-state index contributed by atoms with van der Waals surface area (Å²) >= 11 is 0. The topological polar surface area (TPSA) is 187 Å². The third-order valence-corrected chi connectivity index (χ3v) is 11.0. The van der Waals surface area contributed by atoms with E-state index in [1.54, 1.807) is 46.6 Å². The van der Waals surface area contributed by atoms with Crippen LogP contribution in [0.1, 0.15) is 79.0 Å². The number of piperidine rings is 1. The number of carbonyl (C=O) groups is 4. The van der Waals surface area contributed by atoms with Crippen molar-refractivity contribution in [2.24, 2.45) is 7.05 Å². The molecule has 16 nitrogen and oxygen atoms in total. The molecular weight excluding hydrogens is 704 g/mol. The Kier molecular flexibility index (Phi) is 9.49. The van der Waals surface area contributed by atoms with Crippen LogP contribution < -0.4 is 25.8 Å². The molecule has 1 saturated carbocycles. The Morgan fingerprint density at radius 1 is 0.964 bits per heavy atom. The fourth-order valence-electron chi connectivity index (χ4n) is 8.09. The molecule has 2 aliphatic heterocycles. The molecule has 3 amide bonds. The Labute approximate surface area is 315 Å². The number of carbonyl (C=O) groups excluding carboxylic acids is 4. The van der Waals surface area contributed by atoms with Crippen LogP contribution in [0.15, 0.2) is 47.5 Å². The molecule has 0 spiro atoms. The third-order valence-electron chi connectivity index (χ3n) is 11.0. The van der Waals surface area contributed by atoms with Gasteiger partial charge in [0.2, 0.25) is 17.8 Å². The van der Waals surface area contributed by atoms with Crippen molar-refractivity contribution in [1.29, 1.82) is 0 Å². The monoisotopic (exact) mass is 746 g/mol. The second-order valence-electron chi connectivity index (χ2n) is 14.5. The van der Waals surface area contributed by atoms with Crippen LogP contribution in [-0.4, -0.2) is 90.5 Å². The minimum atomic E-state index is -0.498. The van der Waals surface area contributed by atoms with E-state index in [1.165, 1.54) is 6.92 Å². The van der Waals surface area contributed by atoms with E-state index >= 15 is 0 Å². The van der Waals surface area contributed by atoms with E-state index in [9.17, 15) is 24.0 Å². The smallest absolute Gasteiger partial charge is 0.263 e. The molecule has 284 valence electrons. The number of nitrogens with zero attached hydrogens (tertiary/aromatic N) is 8. The number of aryl methyl sites for hydroxylation is 2. The summed E-state index contributed by atoms with van der Waals surface area (Å²) in [6, 6.07) is 9.20. The zero-order valence-electron chi connectivity index (χ0n) is 31.0. The van der Waals surface area contributed by atoms with Crippen LogP contribution >= 0.6 is 0 Å². The van der Waals surface area contributed by atoms with Crippen molar-refractivity contribution >= 4 is 62.9 Å². The summed E-state index contributed by atoms with van der Waals surface area (Å²) in [4.78, 5) is 81.0. The summed E-state index contributed by atoms with van der Waals surface area (Å²) < 4.78 is 9.27. The van der Waals surface area contributed by atoms with Crippen molar-refractivity contribution in [1.82, 2.24) is 39.5 Å². The molecule has 1 unspecified atom stereocenters. The van der Waals surface area contributed by atoms with Gasteiger partial charge in [-0.1, -0.05) is 12.8 Å². The summed E-state index contributed by atoms with van der Waals surface area (Å²) in [7, 11) is 1.79. The molecule has 2 N–H and O–H groups in total. The first-order valence-electron chi connectivity index (χ1n) is 18.7. The van der Waals surface area contributed by atoms with Gasteiger partial charge >= 0.3 is 0 Å². The standard InChI is InChI=1S/C39H42N10O6/c1-22-29-20-41-39(44-36(29)49(24-6-4-5-7-24)38(54)34(22)23(2)50)42-31-12-8-25(19-40-31)47-14-16-48(17-15-47)33(52)21-55-26-9-10-27-30(18-26)46(3)45-35(27)28-11-13-32(51)43-37(28)53/h8-10,12,18-20,24,28H,4-7,11,13-17,21H2,1-3H3,(H,43,51,53)(H,40,41,42,44). The van der Waals surface area contributed by atoms with Gasteiger partial charge in [0.15, 0.2) is 12.4 Å². The van der Waals surface area contributed by atoms with Gasteiger partial charge in [0.05, 0.1) is 34.6 Å². The summed E-state index contributed by atoms with van der Waals surface area (Å²) in [6.07, 6.45) is 7.89. The van der Waals surface area contributed by atoms with Crippen LogP contribution in [-0.2, 0) is 21.4 Å². The van der Waals surface area contributed by atoms with E-state index in [0.717, 1.165) is 42.3 Å². The van der Waals surface area contributed by atoms with Crippen LogP contribution in [0.4, 0.5) is 17.5 Å². The van der Waals surface area contributed by atoms with Gasteiger partial charge in [-0.15, -0.1) is 0 Å². The number of ether oxygens (including phenoxy) is 1. The summed E-state index contributed by atoms with van der Waals surface area (Å²) in [5.74, 6) is -0.117. The number of hydrogen-bond acceptors (Lipinski definition) is 12. The maximum absolute atomic E-state index is 13.5. The van der Waals surface area contributed by atoms with Crippen molar-refractivity contribution in [2.45, 2.75) is 64.3 Å². The number of piperazine rings is 1. The number of rotatable bonds is 9. The molecule has 1 aliphatic carbocycles. The average molecular weight is 747 g/mol. The van der Waals surface area contributed by atoms with Crippen LogP contribution in [0.25, 0.3) is 21.9 Å². The Hall–Kier alpha value is -6.19. The predicted molar refractivity (Wildman–Crippen MR) is 204 cm³/mol. The largest absolute Gasteiger partial charge is 0.484 e. The molecule has 4 aromatic heterocycles. The van der Waals surface area contributed by atoms with Gasteiger partial charge in [0.25, 0.3) is 11.5 Å². The van der Waals surface area contributed by atoms with Gasteiger partial charge in [-0.05, 0) is 62.9 Å². The Morgan fingerprint density at radius 3 is 2.45 bits per heavy atom. The Balaban J connectivity index is 0.877. The maximum atomic E-state index is 13.5. The van der Waals surface area contributed by atoms with Gasteiger partial charge in [0.1, 0.15) is 17.2 Å². The number of ketones is 1. The second kappa shape index (κ2) is 14.6. The van der Waals surface area contributed by atoms with Crippen molar-refractivity contribution in [3.8, 4) is 5.75 Å². The van der Waals surface area contributed by atoms with Crippen LogP contribution in [0.5, 0.6) is 5.75 Å². The number of amides is 3. The highest BCUT2D eigenvalue weighted by Gasteiger charge is 2.32. The number of hydrogen-bond donors (Lipinski definition) is 2. The molecule has 8 rings (SSSR count). The maximum Gasteiger partial charge on any atom is 0.263 e. The minimum absolute atomic E-state index is 0.0109. The molecule has 6 heterocycles. The number of aromatic nitrogens is 6. The molecule has 5 aromatic rings. The average Bonchev–Trinajstić information content (AvgIpc) is 3.82. The molecule has 0 bridgehead atoms. The highest BCUT2D eigenvalue weighted by molar-refractivity contribution is 6.02. The first-order valence-corrected chi connectivity index (χ1v) is 18.7. The number of benzene rings is 1. The van der Waals surface area contributed by atoms with Crippen molar-refractivity contribution in [3.63, 3.8) is 0 Å². The minimum Gasteiger partial charge on any atom is -0.484 e. The normalized spacial score (nSPS) is 17.9. The number of imide groups is 1. The number of nitrogens with one attached hydrogen (secondary N) is 2. The van der Waals surface area contributed by atoms with Crippen LogP contribution in [0, 0.1) is 6.92 Å². The lowest BCUT2D eigenvalue weighted by Gasteiger charge is -2.35. The molecule has 2 saturated heterocycles.